The molecule has 2 aromatic rings. The average Bonchev–Trinajstić information content (AvgIpc) is 2.55. The molecular formula is C16H15ClN2O3S. The highest BCUT2D eigenvalue weighted by atomic mass is 35.5. The van der Waals surface area contributed by atoms with Gasteiger partial charge >= 0.3 is 5.97 Å². The molecule has 1 aromatic carbocycles. The Balaban J connectivity index is 2.13. The van der Waals surface area contributed by atoms with Gasteiger partial charge in [0.15, 0.2) is 17.0 Å². The van der Waals surface area contributed by atoms with Gasteiger partial charge < -0.3 is 4.74 Å². The number of esters is 1. The van der Waals surface area contributed by atoms with Crippen molar-refractivity contribution in [3.63, 3.8) is 0 Å². The summed E-state index contributed by atoms with van der Waals surface area (Å²) in [6, 6.07) is 7.05. The zero-order chi connectivity index (χ0) is 17.0. The van der Waals surface area contributed by atoms with Gasteiger partial charge in [0, 0.05) is 5.56 Å². The number of aromatic nitrogens is 2. The number of aryl methyl sites for hydroxylation is 1. The number of ketones is 1. The summed E-state index contributed by atoms with van der Waals surface area (Å²) in [4.78, 5) is 32.4. The highest BCUT2D eigenvalue weighted by Gasteiger charge is 2.23. The van der Waals surface area contributed by atoms with Crippen molar-refractivity contribution in [2.75, 3.05) is 6.26 Å². The van der Waals surface area contributed by atoms with Crippen LogP contribution in [0.3, 0.4) is 0 Å². The minimum absolute atomic E-state index is 0.0467. The summed E-state index contributed by atoms with van der Waals surface area (Å²) in [6.45, 7) is 3.45. The molecule has 0 unspecified atom stereocenters. The van der Waals surface area contributed by atoms with Crippen LogP contribution in [0.2, 0.25) is 5.02 Å². The number of hydrogen-bond acceptors (Lipinski definition) is 6. The summed E-state index contributed by atoms with van der Waals surface area (Å²) < 4.78 is 5.19. The van der Waals surface area contributed by atoms with Crippen LogP contribution in [-0.4, -0.2) is 34.1 Å². The topological polar surface area (TPSA) is 69.2 Å². The molecule has 0 N–H and O–H groups in total. The molecule has 0 aliphatic carbocycles. The standard InChI is InChI=1S/C16H15ClN2O3S/c1-9-4-6-11(7-5-9)14(20)10(2)22-15(21)13-12(17)8-18-16(19-13)23-3/h4-8,10H,1-3H3/t10-/m1/s1. The highest BCUT2D eigenvalue weighted by Crippen LogP contribution is 2.18. The monoisotopic (exact) mass is 350 g/mol. The second kappa shape index (κ2) is 7.57. The van der Waals surface area contributed by atoms with Gasteiger partial charge in [-0.25, -0.2) is 14.8 Å². The van der Waals surface area contributed by atoms with Crippen LogP contribution in [-0.2, 0) is 4.74 Å². The fourth-order valence-corrected chi connectivity index (χ4v) is 2.32. The molecule has 5 nitrogen and oxygen atoms in total. The lowest BCUT2D eigenvalue weighted by atomic mass is 10.1. The van der Waals surface area contributed by atoms with Crippen molar-refractivity contribution < 1.29 is 14.3 Å². The lowest BCUT2D eigenvalue weighted by Crippen LogP contribution is -2.25. The van der Waals surface area contributed by atoms with Crippen molar-refractivity contribution >= 4 is 35.1 Å². The zero-order valence-electron chi connectivity index (χ0n) is 12.9. The maximum atomic E-state index is 12.3. The van der Waals surface area contributed by atoms with Crippen molar-refractivity contribution in [1.82, 2.24) is 9.97 Å². The van der Waals surface area contributed by atoms with E-state index in [1.54, 1.807) is 18.4 Å². The van der Waals surface area contributed by atoms with Crippen LogP contribution >= 0.6 is 23.4 Å². The molecule has 1 aromatic heterocycles. The van der Waals surface area contributed by atoms with E-state index >= 15 is 0 Å². The maximum Gasteiger partial charge on any atom is 0.359 e. The third-order valence-electron chi connectivity index (χ3n) is 3.09. The number of Topliss-reactive ketones (excluding diaryl/α,β-unsaturated/α-hetero) is 1. The van der Waals surface area contributed by atoms with Gasteiger partial charge in [0.1, 0.15) is 0 Å². The minimum atomic E-state index is -0.936. The third-order valence-corrected chi connectivity index (χ3v) is 3.93. The Bertz CT molecular complexity index is 735. The number of halogens is 1. The Morgan fingerprint density at radius 2 is 1.91 bits per heavy atom. The van der Waals surface area contributed by atoms with Gasteiger partial charge in [0.25, 0.3) is 0 Å². The number of rotatable bonds is 5. The molecule has 0 spiro atoms. The maximum absolute atomic E-state index is 12.3. The van der Waals surface area contributed by atoms with Crippen LogP contribution in [0, 0.1) is 6.92 Å². The van der Waals surface area contributed by atoms with Crippen molar-refractivity contribution in [2.45, 2.75) is 25.1 Å². The Kier molecular flexibility index (Phi) is 5.74. The lowest BCUT2D eigenvalue weighted by Gasteiger charge is -2.13. The van der Waals surface area contributed by atoms with E-state index in [9.17, 15) is 9.59 Å². The van der Waals surface area contributed by atoms with Gasteiger partial charge in [-0.1, -0.05) is 53.2 Å². The first-order valence-corrected chi connectivity index (χ1v) is 8.41. The Morgan fingerprint density at radius 1 is 1.26 bits per heavy atom. The fourth-order valence-electron chi connectivity index (χ4n) is 1.81. The van der Waals surface area contributed by atoms with Crippen molar-refractivity contribution in [2.24, 2.45) is 0 Å². The molecule has 0 bridgehead atoms. The molecule has 23 heavy (non-hydrogen) atoms. The third kappa shape index (κ3) is 4.30. The molecule has 0 saturated heterocycles. The van der Waals surface area contributed by atoms with Crippen LogP contribution in [0.5, 0.6) is 0 Å². The highest BCUT2D eigenvalue weighted by molar-refractivity contribution is 7.98. The van der Waals surface area contributed by atoms with E-state index in [0.29, 0.717) is 10.7 Å². The molecule has 120 valence electrons. The SMILES string of the molecule is CSc1ncc(Cl)c(C(=O)O[C@H](C)C(=O)c2ccc(C)cc2)n1. The Morgan fingerprint density at radius 3 is 2.52 bits per heavy atom. The van der Waals surface area contributed by atoms with Crippen LogP contribution in [0.15, 0.2) is 35.6 Å². The number of nitrogens with zero attached hydrogens (tertiary/aromatic N) is 2. The Labute approximate surface area is 143 Å². The van der Waals surface area contributed by atoms with E-state index in [-0.39, 0.29) is 16.5 Å². The predicted molar refractivity (Wildman–Crippen MR) is 89.2 cm³/mol. The number of hydrogen-bond donors (Lipinski definition) is 0. The molecule has 0 radical (unpaired) electrons. The molecular weight excluding hydrogens is 336 g/mol. The summed E-state index contributed by atoms with van der Waals surface area (Å²) in [5.41, 5.74) is 1.48. The van der Waals surface area contributed by atoms with E-state index in [0.717, 1.165) is 5.56 Å². The number of carbonyl (C=O) groups is 2. The second-order valence-corrected chi connectivity index (χ2v) is 6.01. The van der Waals surface area contributed by atoms with Gasteiger partial charge in [-0.15, -0.1) is 0 Å². The largest absolute Gasteiger partial charge is 0.449 e. The first kappa shape index (κ1) is 17.4. The molecule has 0 aliphatic rings. The molecule has 7 heteroatoms. The quantitative estimate of drug-likeness (QED) is 0.355. The molecule has 1 heterocycles. The fraction of sp³-hybridized carbons (Fsp3) is 0.250. The summed E-state index contributed by atoms with van der Waals surface area (Å²) in [5, 5.41) is 0.488. The van der Waals surface area contributed by atoms with Gasteiger partial charge in [0.05, 0.1) is 11.2 Å². The van der Waals surface area contributed by atoms with Crippen molar-refractivity contribution in [3.05, 3.63) is 52.3 Å². The Hall–Kier alpha value is -1.92. The normalized spacial score (nSPS) is 11.8. The number of thioether (sulfide) groups is 1. The molecule has 1 atom stereocenters. The number of ether oxygens (including phenoxy) is 1. The van der Waals surface area contributed by atoms with E-state index in [2.05, 4.69) is 9.97 Å². The van der Waals surface area contributed by atoms with Gasteiger partial charge in [-0.3, -0.25) is 4.79 Å². The second-order valence-electron chi connectivity index (χ2n) is 4.83. The summed E-state index contributed by atoms with van der Waals surface area (Å²) in [7, 11) is 0. The first-order chi connectivity index (χ1) is 10.9. The minimum Gasteiger partial charge on any atom is -0.449 e. The zero-order valence-corrected chi connectivity index (χ0v) is 14.4. The smallest absolute Gasteiger partial charge is 0.359 e. The average molecular weight is 351 g/mol. The van der Waals surface area contributed by atoms with Crippen LogP contribution in [0.25, 0.3) is 0 Å². The van der Waals surface area contributed by atoms with Gasteiger partial charge in [0.2, 0.25) is 5.78 Å². The van der Waals surface area contributed by atoms with Crippen molar-refractivity contribution in [1.29, 1.82) is 0 Å². The van der Waals surface area contributed by atoms with Crippen LogP contribution < -0.4 is 0 Å². The van der Waals surface area contributed by atoms with Crippen molar-refractivity contribution in [3.8, 4) is 0 Å². The van der Waals surface area contributed by atoms with Crippen LogP contribution in [0.1, 0.15) is 33.3 Å². The molecule has 0 aliphatic heterocycles. The van der Waals surface area contributed by atoms with E-state index in [1.165, 1.54) is 24.9 Å². The van der Waals surface area contributed by atoms with Gasteiger partial charge in [-0.05, 0) is 20.1 Å². The molecule has 0 amide bonds. The summed E-state index contributed by atoms with van der Waals surface area (Å²) in [5.74, 6) is -1.03. The summed E-state index contributed by atoms with van der Waals surface area (Å²) >= 11 is 7.20. The lowest BCUT2D eigenvalue weighted by molar-refractivity contribution is 0.0312. The predicted octanol–water partition coefficient (Wildman–Crippen LogP) is 3.59. The van der Waals surface area contributed by atoms with E-state index in [4.69, 9.17) is 16.3 Å². The van der Waals surface area contributed by atoms with Crippen LogP contribution in [0.4, 0.5) is 0 Å². The molecule has 0 saturated carbocycles. The molecule has 2 rings (SSSR count). The van der Waals surface area contributed by atoms with Gasteiger partial charge in [-0.2, -0.15) is 0 Å². The number of benzene rings is 1. The van der Waals surface area contributed by atoms with E-state index < -0.39 is 12.1 Å². The number of carbonyl (C=O) groups excluding carboxylic acids is 2. The summed E-state index contributed by atoms with van der Waals surface area (Å²) in [6.07, 6.45) is 2.18. The molecule has 0 fully saturated rings. The first-order valence-electron chi connectivity index (χ1n) is 6.80. The van der Waals surface area contributed by atoms with E-state index in [1.807, 2.05) is 19.1 Å².